The van der Waals surface area contributed by atoms with Crippen molar-refractivity contribution in [3.63, 3.8) is 0 Å². The van der Waals surface area contributed by atoms with Crippen molar-refractivity contribution in [2.45, 2.75) is 6.92 Å². The van der Waals surface area contributed by atoms with E-state index < -0.39 is 5.97 Å². The molecule has 0 amide bonds. The third-order valence-corrected chi connectivity index (χ3v) is 2.81. The van der Waals surface area contributed by atoms with Gasteiger partial charge < -0.3 is 9.47 Å². The lowest BCUT2D eigenvalue weighted by Gasteiger charge is -2.07. The third-order valence-electron chi connectivity index (χ3n) is 2.52. The molecule has 0 radical (unpaired) electrons. The number of esters is 1. The Bertz CT molecular complexity index is 693. The van der Waals surface area contributed by atoms with E-state index in [1.807, 2.05) is 6.07 Å². The SMILES string of the molecule is CCOC(=O)c1ccc(Oc2ccc(C#N)cc2)nc1Cl. The fraction of sp³-hybridized carbons (Fsp3) is 0.133. The highest BCUT2D eigenvalue weighted by Gasteiger charge is 2.13. The maximum absolute atomic E-state index is 11.6. The largest absolute Gasteiger partial charge is 0.462 e. The molecule has 0 aliphatic heterocycles. The lowest BCUT2D eigenvalue weighted by molar-refractivity contribution is 0.0526. The molecule has 1 aromatic heterocycles. The first-order valence-electron chi connectivity index (χ1n) is 6.15. The molecule has 2 aromatic rings. The summed E-state index contributed by atoms with van der Waals surface area (Å²) in [5.74, 6) is 0.235. The van der Waals surface area contributed by atoms with Gasteiger partial charge in [-0.1, -0.05) is 11.6 Å². The number of aromatic nitrogens is 1. The molecule has 0 aliphatic carbocycles. The Kier molecular flexibility index (Phi) is 4.75. The van der Waals surface area contributed by atoms with Gasteiger partial charge in [0.25, 0.3) is 0 Å². The Labute approximate surface area is 126 Å². The van der Waals surface area contributed by atoms with Gasteiger partial charge in [0.15, 0.2) is 0 Å². The predicted molar refractivity (Wildman–Crippen MR) is 76.4 cm³/mol. The zero-order chi connectivity index (χ0) is 15.2. The average molecular weight is 303 g/mol. The van der Waals surface area contributed by atoms with E-state index in [0.29, 0.717) is 11.3 Å². The molecule has 0 N–H and O–H groups in total. The first-order valence-corrected chi connectivity index (χ1v) is 6.53. The average Bonchev–Trinajstić information content (AvgIpc) is 2.48. The van der Waals surface area contributed by atoms with Crippen molar-refractivity contribution in [1.82, 2.24) is 4.98 Å². The van der Waals surface area contributed by atoms with Crippen molar-refractivity contribution >= 4 is 17.6 Å². The van der Waals surface area contributed by atoms with Gasteiger partial charge in [-0.25, -0.2) is 9.78 Å². The molecule has 0 bridgehead atoms. The molecule has 0 spiro atoms. The summed E-state index contributed by atoms with van der Waals surface area (Å²) < 4.78 is 10.4. The van der Waals surface area contributed by atoms with E-state index in [1.165, 1.54) is 12.1 Å². The van der Waals surface area contributed by atoms with Gasteiger partial charge in [-0.2, -0.15) is 5.26 Å². The highest BCUT2D eigenvalue weighted by molar-refractivity contribution is 6.32. The van der Waals surface area contributed by atoms with E-state index in [-0.39, 0.29) is 23.2 Å². The Morgan fingerprint density at radius 1 is 1.29 bits per heavy atom. The topological polar surface area (TPSA) is 72.2 Å². The number of ether oxygens (including phenoxy) is 2. The lowest BCUT2D eigenvalue weighted by Crippen LogP contribution is -2.06. The van der Waals surface area contributed by atoms with Crippen LogP contribution in [0.1, 0.15) is 22.8 Å². The number of rotatable bonds is 4. The molecule has 2 rings (SSSR count). The number of pyridine rings is 1. The minimum absolute atomic E-state index is 0.0135. The second-order valence-corrected chi connectivity index (χ2v) is 4.30. The molecule has 0 fully saturated rings. The number of carbonyl (C=O) groups excluding carboxylic acids is 1. The summed E-state index contributed by atoms with van der Waals surface area (Å²) in [5.41, 5.74) is 0.719. The van der Waals surface area contributed by atoms with Crippen LogP contribution in [0.15, 0.2) is 36.4 Å². The summed E-state index contributed by atoms with van der Waals surface area (Å²) in [7, 11) is 0. The maximum atomic E-state index is 11.6. The van der Waals surface area contributed by atoms with Crippen LogP contribution in [0.3, 0.4) is 0 Å². The van der Waals surface area contributed by atoms with Crippen LogP contribution in [0, 0.1) is 11.3 Å². The lowest BCUT2D eigenvalue weighted by atomic mass is 10.2. The van der Waals surface area contributed by atoms with Gasteiger partial charge in [-0.15, -0.1) is 0 Å². The van der Waals surface area contributed by atoms with E-state index in [2.05, 4.69) is 4.98 Å². The fourth-order valence-electron chi connectivity index (χ4n) is 1.55. The smallest absolute Gasteiger partial charge is 0.341 e. The number of halogens is 1. The highest BCUT2D eigenvalue weighted by atomic mass is 35.5. The molecule has 1 heterocycles. The zero-order valence-electron chi connectivity index (χ0n) is 11.2. The molecule has 0 unspecified atom stereocenters. The summed E-state index contributed by atoms with van der Waals surface area (Å²) >= 11 is 5.94. The monoisotopic (exact) mass is 302 g/mol. The molecular formula is C15H11ClN2O3. The van der Waals surface area contributed by atoms with Crippen LogP contribution >= 0.6 is 11.6 Å². The number of nitriles is 1. The Hall–Kier alpha value is -2.58. The van der Waals surface area contributed by atoms with Gasteiger partial charge in [0.1, 0.15) is 10.9 Å². The molecule has 6 heteroatoms. The Morgan fingerprint density at radius 2 is 2.00 bits per heavy atom. The number of benzene rings is 1. The van der Waals surface area contributed by atoms with Crippen molar-refractivity contribution < 1.29 is 14.3 Å². The van der Waals surface area contributed by atoms with Crippen LogP contribution in [0.4, 0.5) is 0 Å². The van der Waals surface area contributed by atoms with E-state index in [0.717, 1.165) is 0 Å². The quantitative estimate of drug-likeness (QED) is 0.637. The summed E-state index contributed by atoms with van der Waals surface area (Å²) in [6, 6.07) is 11.6. The Morgan fingerprint density at radius 3 is 2.57 bits per heavy atom. The summed E-state index contributed by atoms with van der Waals surface area (Å²) in [4.78, 5) is 15.6. The zero-order valence-corrected chi connectivity index (χ0v) is 11.9. The highest BCUT2D eigenvalue weighted by Crippen LogP contribution is 2.23. The van der Waals surface area contributed by atoms with Gasteiger partial charge >= 0.3 is 5.97 Å². The standard InChI is InChI=1S/C15H11ClN2O3/c1-2-20-15(19)12-7-8-13(18-14(12)16)21-11-5-3-10(9-17)4-6-11/h3-8H,2H2,1H3. The van der Waals surface area contributed by atoms with Crippen molar-refractivity contribution in [1.29, 1.82) is 5.26 Å². The van der Waals surface area contributed by atoms with E-state index in [4.69, 9.17) is 26.3 Å². The van der Waals surface area contributed by atoms with Crippen molar-refractivity contribution in [3.8, 4) is 17.7 Å². The molecule has 0 aliphatic rings. The Balaban J connectivity index is 2.16. The van der Waals surface area contributed by atoms with Gasteiger partial charge in [-0.05, 0) is 37.3 Å². The van der Waals surface area contributed by atoms with Crippen molar-refractivity contribution in [2.24, 2.45) is 0 Å². The van der Waals surface area contributed by atoms with Gasteiger partial charge in [-0.3, -0.25) is 0 Å². The van der Waals surface area contributed by atoms with Crippen LogP contribution in [-0.4, -0.2) is 17.6 Å². The summed E-state index contributed by atoms with van der Waals surface area (Å²) in [6.07, 6.45) is 0. The van der Waals surface area contributed by atoms with Gasteiger partial charge in [0, 0.05) is 6.07 Å². The van der Waals surface area contributed by atoms with Crippen LogP contribution < -0.4 is 4.74 Å². The molecule has 0 saturated heterocycles. The first kappa shape index (κ1) is 14.8. The normalized spacial score (nSPS) is 9.76. The first-order chi connectivity index (χ1) is 10.1. The van der Waals surface area contributed by atoms with E-state index in [9.17, 15) is 4.79 Å². The molecule has 1 aromatic carbocycles. The second-order valence-electron chi connectivity index (χ2n) is 3.95. The maximum Gasteiger partial charge on any atom is 0.341 e. The molecule has 0 saturated carbocycles. The van der Waals surface area contributed by atoms with E-state index >= 15 is 0 Å². The number of carbonyl (C=O) groups is 1. The molecular weight excluding hydrogens is 292 g/mol. The fourth-order valence-corrected chi connectivity index (χ4v) is 1.78. The molecule has 106 valence electrons. The summed E-state index contributed by atoms with van der Waals surface area (Å²) in [5, 5.41) is 8.73. The van der Waals surface area contributed by atoms with Crippen LogP contribution in [-0.2, 0) is 4.74 Å². The van der Waals surface area contributed by atoms with Crippen LogP contribution in [0.2, 0.25) is 5.15 Å². The van der Waals surface area contributed by atoms with Gasteiger partial charge in [0.2, 0.25) is 5.88 Å². The van der Waals surface area contributed by atoms with Crippen LogP contribution in [0.25, 0.3) is 0 Å². The molecule has 21 heavy (non-hydrogen) atoms. The van der Waals surface area contributed by atoms with Crippen molar-refractivity contribution in [3.05, 3.63) is 52.7 Å². The minimum Gasteiger partial charge on any atom is -0.462 e. The minimum atomic E-state index is -0.528. The number of hydrogen-bond acceptors (Lipinski definition) is 5. The molecule has 5 nitrogen and oxygen atoms in total. The number of hydrogen-bond donors (Lipinski definition) is 0. The predicted octanol–water partition coefficient (Wildman–Crippen LogP) is 3.58. The van der Waals surface area contributed by atoms with Crippen LogP contribution in [0.5, 0.6) is 11.6 Å². The summed E-state index contributed by atoms with van der Waals surface area (Å²) in [6.45, 7) is 1.97. The van der Waals surface area contributed by atoms with Crippen molar-refractivity contribution in [2.75, 3.05) is 6.61 Å². The van der Waals surface area contributed by atoms with E-state index in [1.54, 1.807) is 31.2 Å². The number of nitrogens with zero attached hydrogens (tertiary/aromatic N) is 2. The molecule has 0 atom stereocenters. The third kappa shape index (κ3) is 3.71. The second kappa shape index (κ2) is 6.73. The van der Waals surface area contributed by atoms with Gasteiger partial charge in [0.05, 0.1) is 23.8 Å².